The summed E-state index contributed by atoms with van der Waals surface area (Å²) in [6.07, 6.45) is 1.03. The Labute approximate surface area is 178 Å². The van der Waals surface area contributed by atoms with Gasteiger partial charge in [0, 0.05) is 12.3 Å². The summed E-state index contributed by atoms with van der Waals surface area (Å²) in [5.74, 6) is -1.52. The Kier molecular flexibility index (Phi) is 6.21. The van der Waals surface area contributed by atoms with Gasteiger partial charge in [0.05, 0.1) is 21.8 Å². The van der Waals surface area contributed by atoms with E-state index in [4.69, 9.17) is 4.74 Å². The zero-order chi connectivity index (χ0) is 22.8. The molecule has 0 aliphatic rings. The average molecular weight is 445 g/mol. The number of benzene rings is 2. The molecule has 1 aromatic heterocycles. The predicted octanol–water partition coefficient (Wildman–Crippen LogP) is 2.83. The molecule has 10 heteroatoms. The van der Waals surface area contributed by atoms with Gasteiger partial charge in [0.2, 0.25) is 0 Å². The highest BCUT2D eigenvalue weighted by Gasteiger charge is 2.18. The molecule has 1 heterocycles. The van der Waals surface area contributed by atoms with Crippen LogP contribution < -0.4 is 5.32 Å². The lowest BCUT2D eigenvalue weighted by Crippen LogP contribution is -2.22. The fraction of sp³-hybridized carbons (Fsp3) is 0.190. The quantitative estimate of drug-likeness (QED) is 0.585. The molecule has 0 saturated heterocycles. The third-order valence-electron chi connectivity index (χ3n) is 4.36. The lowest BCUT2D eigenvalue weighted by Gasteiger charge is -2.10. The summed E-state index contributed by atoms with van der Waals surface area (Å²) >= 11 is 0. The SMILES string of the molecule is Cc1cc(NC(=O)COC(=O)c2cc(S(C)(=O)=O)ccc2C)n(-c2ccc(F)cc2)n1. The largest absolute Gasteiger partial charge is 0.452 e. The lowest BCUT2D eigenvalue weighted by atomic mass is 10.1. The number of hydrogen-bond acceptors (Lipinski definition) is 6. The summed E-state index contributed by atoms with van der Waals surface area (Å²) in [5.41, 5.74) is 1.73. The molecule has 0 atom stereocenters. The molecular weight excluding hydrogens is 425 g/mol. The molecule has 1 N–H and O–H groups in total. The fourth-order valence-corrected chi connectivity index (χ4v) is 3.45. The molecular formula is C21H20FN3O5S. The van der Waals surface area contributed by atoms with Gasteiger partial charge in [-0.1, -0.05) is 6.07 Å². The van der Waals surface area contributed by atoms with Crippen molar-refractivity contribution in [1.29, 1.82) is 0 Å². The van der Waals surface area contributed by atoms with Crippen LogP contribution in [0.2, 0.25) is 0 Å². The number of nitrogens with zero attached hydrogens (tertiary/aromatic N) is 2. The number of esters is 1. The van der Waals surface area contributed by atoms with Crippen molar-refractivity contribution in [2.75, 3.05) is 18.2 Å². The normalized spacial score (nSPS) is 11.2. The molecule has 3 aromatic rings. The molecule has 0 bridgehead atoms. The van der Waals surface area contributed by atoms with Gasteiger partial charge in [0.25, 0.3) is 5.91 Å². The van der Waals surface area contributed by atoms with Crippen molar-refractivity contribution in [2.45, 2.75) is 18.7 Å². The summed E-state index contributed by atoms with van der Waals surface area (Å²) in [6.45, 7) is 2.77. The maximum absolute atomic E-state index is 13.2. The molecule has 1 amide bonds. The van der Waals surface area contributed by atoms with Crippen LogP contribution in [0.4, 0.5) is 10.2 Å². The Balaban J connectivity index is 1.70. The van der Waals surface area contributed by atoms with E-state index in [0.29, 0.717) is 22.8 Å². The highest BCUT2D eigenvalue weighted by molar-refractivity contribution is 7.90. The molecule has 162 valence electrons. The van der Waals surface area contributed by atoms with Crippen molar-refractivity contribution in [2.24, 2.45) is 0 Å². The summed E-state index contributed by atoms with van der Waals surface area (Å²) in [7, 11) is -3.50. The Morgan fingerprint density at radius 3 is 2.42 bits per heavy atom. The second kappa shape index (κ2) is 8.68. The van der Waals surface area contributed by atoms with E-state index in [1.165, 1.54) is 47.1 Å². The topological polar surface area (TPSA) is 107 Å². The fourth-order valence-electron chi connectivity index (χ4n) is 2.81. The van der Waals surface area contributed by atoms with Crippen molar-refractivity contribution < 1.29 is 27.1 Å². The molecule has 8 nitrogen and oxygen atoms in total. The van der Waals surface area contributed by atoms with Crippen LogP contribution in [0.15, 0.2) is 53.4 Å². The first-order valence-corrected chi connectivity index (χ1v) is 11.0. The van der Waals surface area contributed by atoms with E-state index in [2.05, 4.69) is 10.4 Å². The molecule has 0 aliphatic carbocycles. The molecule has 0 aliphatic heterocycles. The predicted molar refractivity (Wildman–Crippen MR) is 111 cm³/mol. The van der Waals surface area contributed by atoms with E-state index in [-0.39, 0.29) is 10.5 Å². The van der Waals surface area contributed by atoms with E-state index in [9.17, 15) is 22.4 Å². The zero-order valence-corrected chi connectivity index (χ0v) is 17.9. The number of amides is 1. The van der Waals surface area contributed by atoms with Crippen LogP contribution >= 0.6 is 0 Å². The molecule has 0 unspecified atom stereocenters. The molecule has 2 aromatic carbocycles. The average Bonchev–Trinajstić information content (AvgIpc) is 3.06. The van der Waals surface area contributed by atoms with Gasteiger partial charge in [-0.2, -0.15) is 5.10 Å². The molecule has 0 radical (unpaired) electrons. The molecule has 3 rings (SSSR count). The molecule has 0 spiro atoms. The van der Waals surface area contributed by atoms with Crippen LogP contribution in [0.1, 0.15) is 21.6 Å². The number of halogens is 1. The minimum absolute atomic E-state index is 0.0202. The molecule has 0 saturated carbocycles. The Hall–Kier alpha value is -3.53. The zero-order valence-electron chi connectivity index (χ0n) is 17.0. The van der Waals surface area contributed by atoms with Crippen molar-refractivity contribution in [3.05, 3.63) is 71.2 Å². The van der Waals surface area contributed by atoms with Crippen molar-refractivity contribution in [3.8, 4) is 5.69 Å². The van der Waals surface area contributed by atoms with Crippen molar-refractivity contribution in [1.82, 2.24) is 9.78 Å². The first kappa shape index (κ1) is 22.2. The van der Waals surface area contributed by atoms with E-state index >= 15 is 0 Å². The van der Waals surface area contributed by atoms with Crippen LogP contribution in [0.25, 0.3) is 5.69 Å². The molecule has 31 heavy (non-hydrogen) atoms. The number of carbonyl (C=O) groups is 2. The summed E-state index contributed by atoms with van der Waals surface area (Å²) in [5, 5.41) is 6.86. The van der Waals surface area contributed by atoms with Crippen LogP contribution in [-0.4, -0.2) is 42.9 Å². The number of aryl methyl sites for hydroxylation is 2. The number of anilines is 1. The third-order valence-corrected chi connectivity index (χ3v) is 5.47. The van der Waals surface area contributed by atoms with E-state index in [0.717, 1.165) is 6.26 Å². The van der Waals surface area contributed by atoms with Gasteiger partial charge in [-0.05, 0) is 55.8 Å². The minimum atomic E-state index is -3.50. The van der Waals surface area contributed by atoms with E-state index < -0.39 is 34.1 Å². The lowest BCUT2D eigenvalue weighted by molar-refractivity contribution is -0.119. The highest BCUT2D eigenvalue weighted by Crippen LogP contribution is 2.19. The summed E-state index contributed by atoms with van der Waals surface area (Å²) in [4.78, 5) is 24.7. The second-order valence-corrected chi connectivity index (χ2v) is 8.95. The van der Waals surface area contributed by atoms with Crippen LogP contribution in [0, 0.1) is 19.7 Å². The standard InChI is InChI=1S/C21H20FN3O5S/c1-13-4-9-17(31(3,28)29)11-18(13)21(27)30-12-20(26)23-19-10-14(2)24-25(19)16-7-5-15(22)6-8-16/h4-11H,12H2,1-3H3,(H,23,26). The van der Waals surface area contributed by atoms with Crippen molar-refractivity contribution in [3.63, 3.8) is 0 Å². The van der Waals surface area contributed by atoms with E-state index in [1.807, 2.05) is 0 Å². The number of hydrogen-bond donors (Lipinski definition) is 1. The van der Waals surface area contributed by atoms with Gasteiger partial charge in [-0.3, -0.25) is 4.79 Å². The van der Waals surface area contributed by atoms with Gasteiger partial charge in [-0.15, -0.1) is 0 Å². The third kappa shape index (κ3) is 5.34. The number of nitrogens with one attached hydrogen (secondary N) is 1. The second-order valence-electron chi connectivity index (χ2n) is 6.93. The first-order chi connectivity index (χ1) is 14.5. The summed E-state index contributed by atoms with van der Waals surface area (Å²) < 4.78 is 43.1. The minimum Gasteiger partial charge on any atom is -0.452 e. The van der Waals surface area contributed by atoms with Crippen molar-refractivity contribution >= 4 is 27.5 Å². The Bertz CT molecular complexity index is 1250. The smallest absolute Gasteiger partial charge is 0.338 e. The highest BCUT2D eigenvalue weighted by atomic mass is 32.2. The van der Waals surface area contributed by atoms with Crippen LogP contribution in [-0.2, 0) is 19.4 Å². The first-order valence-electron chi connectivity index (χ1n) is 9.15. The Morgan fingerprint density at radius 1 is 1.10 bits per heavy atom. The maximum Gasteiger partial charge on any atom is 0.338 e. The molecule has 0 fully saturated rings. The monoisotopic (exact) mass is 445 g/mol. The van der Waals surface area contributed by atoms with Gasteiger partial charge in [0.15, 0.2) is 16.4 Å². The number of sulfone groups is 1. The number of ether oxygens (including phenoxy) is 1. The number of carbonyl (C=O) groups excluding carboxylic acids is 2. The number of rotatable bonds is 6. The van der Waals surface area contributed by atoms with Gasteiger partial charge < -0.3 is 10.1 Å². The number of aromatic nitrogens is 2. The van der Waals surface area contributed by atoms with Gasteiger partial charge in [-0.25, -0.2) is 22.3 Å². The maximum atomic E-state index is 13.2. The van der Waals surface area contributed by atoms with Crippen LogP contribution in [0.3, 0.4) is 0 Å². The van der Waals surface area contributed by atoms with Crippen LogP contribution in [0.5, 0.6) is 0 Å². The van der Waals surface area contributed by atoms with Gasteiger partial charge >= 0.3 is 5.97 Å². The Morgan fingerprint density at radius 2 is 1.77 bits per heavy atom. The van der Waals surface area contributed by atoms with E-state index in [1.54, 1.807) is 19.9 Å². The summed E-state index contributed by atoms with van der Waals surface area (Å²) in [6, 6.07) is 11.3. The van der Waals surface area contributed by atoms with Gasteiger partial charge in [0.1, 0.15) is 11.6 Å².